The van der Waals surface area contributed by atoms with E-state index < -0.39 is 0 Å². The summed E-state index contributed by atoms with van der Waals surface area (Å²) in [4.78, 5) is 23.7. The Morgan fingerprint density at radius 3 is 2.48 bits per heavy atom. The van der Waals surface area contributed by atoms with Crippen molar-refractivity contribution in [3.05, 3.63) is 23.8 Å². The molecule has 1 aromatic rings. The predicted octanol–water partition coefficient (Wildman–Crippen LogP) is 3.75. The molecule has 25 heavy (non-hydrogen) atoms. The van der Waals surface area contributed by atoms with Crippen LogP contribution in [0.2, 0.25) is 0 Å². The molecule has 0 N–H and O–H groups in total. The number of hydrogen-bond acceptors (Lipinski definition) is 4. The first-order chi connectivity index (χ1) is 12.0. The molecule has 2 heterocycles. The van der Waals surface area contributed by atoms with Gasteiger partial charge in [0.25, 0.3) is 0 Å². The van der Waals surface area contributed by atoms with Crippen molar-refractivity contribution < 1.29 is 4.79 Å². The fourth-order valence-electron chi connectivity index (χ4n) is 5.45. The van der Waals surface area contributed by atoms with Gasteiger partial charge in [-0.2, -0.15) is 0 Å². The minimum atomic E-state index is 0.211. The summed E-state index contributed by atoms with van der Waals surface area (Å²) >= 11 is 0. The van der Waals surface area contributed by atoms with Crippen molar-refractivity contribution in [2.24, 2.45) is 17.3 Å². The first kappa shape index (κ1) is 17.1. The van der Waals surface area contributed by atoms with Gasteiger partial charge >= 0.3 is 0 Å². The van der Waals surface area contributed by atoms with Crippen LogP contribution >= 0.6 is 0 Å². The Hall–Kier alpha value is -1.29. The Labute approximate surface area is 151 Å². The number of ketones is 1. The van der Waals surface area contributed by atoms with Crippen LogP contribution in [0.1, 0.15) is 69.8 Å². The molecule has 0 amide bonds. The highest BCUT2D eigenvalue weighted by atomic mass is 16.1. The van der Waals surface area contributed by atoms with E-state index in [2.05, 4.69) is 20.9 Å². The van der Waals surface area contributed by atoms with Gasteiger partial charge in [0.15, 0.2) is 0 Å². The van der Waals surface area contributed by atoms with Crippen molar-refractivity contribution >= 4 is 5.78 Å². The zero-order valence-corrected chi connectivity index (χ0v) is 15.9. The minimum absolute atomic E-state index is 0.211. The van der Waals surface area contributed by atoms with Crippen LogP contribution < -0.4 is 0 Å². The lowest BCUT2D eigenvalue weighted by molar-refractivity contribution is -0.144. The van der Waals surface area contributed by atoms with Crippen LogP contribution in [0.3, 0.4) is 0 Å². The van der Waals surface area contributed by atoms with Crippen molar-refractivity contribution in [3.8, 4) is 0 Å². The molecular formula is C21H31N3O. The number of Topliss-reactive ketones (excluding diaryl/α,β-unsaturated/α-hetero) is 1. The highest BCUT2D eigenvalue weighted by Gasteiger charge is 2.55. The van der Waals surface area contributed by atoms with E-state index in [1.807, 2.05) is 27.0 Å². The fraction of sp³-hybridized carbons (Fsp3) is 0.762. The monoisotopic (exact) mass is 341 g/mol. The van der Waals surface area contributed by atoms with E-state index >= 15 is 0 Å². The molecule has 4 rings (SSSR count). The summed E-state index contributed by atoms with van der Waals surface area (Å²) in [5, 5.41) is 0. The van der Waals surface area contributed by atoms with Crippen LogP contribution in [0.15, 0.2) is 12.3 Å². The van der Waals surface area contributed by atoms with Gasteiger partial charge in [-0.25, -0.2) is 9.97 Å². The Balaban J connectivity index is 1.24. The van der Waals surface area contributed by atoms with E-state index in [-0.39, 0.29) is 5.92 Å². The molecule has 0 radical (unpaired) electrons. The highest BCUT2D eigenvalue weighted by molar-refractivity contribution is 5.83. The van der Waals surface area contributed by atoms with Gasteiger partial charge < -0.3 is 4.90 Å². The number of carbonyl (C=O) groups excluding carboxylic acids is 1. The summed E-state index contributed by atoms with van der Waals surface area (Å²) in [6.45, 7) is 8.45. The van der Waals surface area contributed by atoms with Gasteiger partial charge in [0, 0.05) is 35.7 Å². The summed E-state index contributed by atoms with van der Waals surface area (Å²) in [6, 6.07) is 2.86. The zero-order valence-electron chi connectivity index (χ0n) is 15.9. The van der Waals surface area contributed by atoms with Crippen LogP contribution in [0.25, 0.3) is 0 Å². The topological polar surface area (TPSA) is 46.1 Å². The summed E-state index contributed by atoms with van der Waals surface area (Å²) in [6.07, 6.45) is 9.31. The Morgan fingerprint density at radius 1 is 1.20 bits per heavy atom. The van der Waals surface area contributed by atoms with E-state index in [4.69, 9.17) is 0 Å². The second-order valence-electron chi connectivity index (χ2n) is 9.06. The molecule has 1 aromatic heterocycles. The molecule has 1 aliphatic heterocycles. The quantitative estimate of drug-likeness (QED) is 0.837. The SMILES string of the molecule is Cc1nccc(C2CCN([C@H]3CC4(C[C@H](C(=O)C(C)C)C4)C3)CC2)n1. The molecule has 4 heteroatoms. The fourth-order valence-corrected chi connectivity index (χ4v) is 5.45. The van der Waals surface area contributed by atoms with Gasteiger partial charge in [-0.1, -0.05) is 13.8 Å². The Morgan fingerprint density at radius 2 is 1.88 bits per heavy atom. The van der Waals surface area contributed by atoms with Crippen LogP contribution in [0, 0.1) is 24.2 Å². The third-order valence-electron chi connectivity index (χ3n) is 6.93. The molecule has 2 aliphatic carbocycles. The molecule has 0 aromatic carbocycles. The number of nitrogens with zero attached hydrogens (tertiary/aromatic N) is 3. The van der Waals surface area contributed by atoms with Gasteiger partial charge in [0.05, 0.1) is 0 Å². The third kappa shape index (κ3) is 3.25. The van der Waals surface area contributed by atoms with Crippen LogP contribution in [0.4, 0.5) is 0 Å². The largest absolute Gasteiger partial charge is 0.300 e. The second kappa shape index (κ2) is 6.46. The maximum atomic E-state index is 12.1. The summed E-state index contributed by atoms with van der Waals surface area (Å²) in [5.41, 5.74) is 1.76. The smallest absolute Gasteiger partial charge is 0.138 e. The second-order valence-corrected chi connectivity index (χ2v) is 9.06. The summed E-state index contributed by atoms with van der Waals surface area (Å²) in [5.74, 6) is 2.56. The number of hydrogen-bond donors (Lipinski definition) is 0. The third-order valence-corrected chi connectivity index (χ3v) is 6.93. The molecule has 136 valence electrons. The van der Waals surface area contributed by atoms with Crippen molar-refractivity contribution in [2.45, 2.75) is 71.3 Å². The van der Waals surface area contributed by atoms with E-state index in [0.29, 0.717) is 23.0 Å². The van der Waals surface area contributed by atoms with Crippen LogP contribution in [-0.4, -0.2) is 39.8 Å². The van der Waals surface area contributed by atoms with E-state index in [9.17, 15) is 4.79 Å². The minimum Gasteiger partial charge on any atom is -0.300 e. The summed E-state index contributed by atoms with van der Waals surface area (Å²) < 4.78 is 0. The van der Waals surface area contributed by atoms with E-state index in [1.165, 1.54) is 44.5 Å². The van der Waals surface area contributed by atoms with E-state index in [0.717, 1.165) is 24.7 Å². The number of aromatic nitrogens is 2. The number of rotatable bonds is 4. The van der Waals surface area contributed by atoms with Crippen LogP contribution in [0.5, 0.6) is 0 Å². The number of likely N-dealkylation sites (tertiary alicyclic amines) is 1. The molecule has 0 atom stereocenters. The Kier molecular flexibility index (Phi) is 4.43. The van der Waals surface area contributed by atoms with Crippen LogP contribution in [-0.2, 0) is 4.79 Å². The van der Waals surface area contributed by atoms with Crippen molar-refractivity contribution in [1.82, 2.24) is 14.9 Å². The molecule has 3 fully saturated rings. The van der Waals surface area contributed by atoms with Crippen molar-refractivity contribution in [3.63, 3.8) is 0 Å². The van der Waals surface area contributed by atoms with Crippen molar-refractivity contribution in [2.75, 3.05) is 13.1 Å². The average molecular weight is 341 g/mol. The molecule has 1 saturated heterocycles. The summed E-state index contributed by atoms with van der Waals surface area (Å²) in [7, 11) is 0. The first-order valence-electron chi connectivity index (χ1n) is 10.0. The molecule has 1 spiro atoms. The Bertz CT molecular complexity index is 634. The molecule has 0 bridgehead atoms. The van der Waals surface area contributed by atoms with E-state index in [1.54, 1.807) is 0 Å². The lowest BCUT2D eigenvalue weighted by Gasteiger charge is -2.60. The maximum absolute atomic E-state index is 12.1. The number of piperidine rings is 1. The molecule has 3 aliphatic rings. The highest BCUT2D eigenvalue weighted by Crippen LogP contribution is 2.60. The standard InChI is InChI=1S/C21H31N3O/c1-14(2)20(25)17-10-21(11-17)12-18(13-21)24-8-5-16(6-9-24)19-4-7-22-15(3)23-19/h4,7,14,16-18H,5-6,8-13H2,1-3H3/t17-,18-,21?. The average Bonchev–Trinajstić information content (AvgIpc) is 2.52. The van der Waals surface area contributed by atoms with Crippen molar-refractivity contribution in [1.29, 1.82) is 0 Å². The normalized spacial score (nSPS) is 33.3. The number of carbonyl (C=O) groups is 1. The van der Waals surface area contributed by atoms with Gasteiger partial charge in [-0.05, 0) is 70.0 Å². The molecule has 2 saturated carbocycles. The number of aryl methyl sites for hydroxylation is 1. The maximum Gasteiger partial charge on any atom is 0.138 e. The predicted molar refractivity (Wildman–Crippen MR) is 98.3 cm³/mol. The van der Waals surface area contributed by atoms with Gasteiger partial charge in [-0.3, -0.25) is 4.79 Å². The van der Waals surface area contributed by atoms with Gasteiger partial charge in [0.1, 0.15) is 11.6 Å². The molecular weight excluding hydrogens is 310 g/mol. The molecule has 4 nitrogen and oxygen atoms in total. The van der Waals surface area contributed by atoms with Gasteiger partial charge in [0.2, 0.25) is 0 Å². The zero-order chi connectivity index (χ0) is 17.6. The van der Waals surface area contributed by atoms with Gasteiger partial charge in [-0.15, -0.1) is 0 Å². The lowest BCUT2D eigenvalue weighted by Crippen LogP contribution is -2.58. The first-order valence-corrected chi connectivity index (χ1v) is 10.0. The lowest BCUT2D eigenvalue weighted by atomic mass is 9.48. The molecule has 0 unspecified atom stereocenters.